The van der Waals surface area contributed by atoms with Gasteiger partial charge in [0.1, 0.15) is 0 Å². The van der Waals surface area contributed by atoms with Crippen molar-refractivity contribution < 1.29 is 4.79 Å². The molecule has 0 radical (unpaired) electrons. The highest BCUT2D eigenvalue weighted by Crippen LogP contribution is 2.27. The summed E-state index contributed by atoms with van der Waals surface area (Å²) < 4.78 is 0. The smallest absolute Gasteiger partial charge is 0.319 e. The van der Waals surface area contributed by atoms with E-state index < -0.39 is 0 Å². The molecule has 1 saturated heterocycles. The third kappa shape index (κ3) is 6.12. The molecule has 1 aromatic heterocycles. The average Bonchev–Trinajstić information content (AvgIpc) is 2.88. The number of aromatic nitrogens is 1. The zero-order valence-corrected chi connectivity index (χ0v) is 20.8. The van der Waals surface area contributed by atoms with E-state index in [-0.39, 0.29) is 6.03 Å². The van der Waals surface area contributed by atoms with Crippen LogP contribution in [0.1, 0.15) is 43.4 Å². The van der Waals surface area contributed by atoms with Crippen LogP contribution in [-0.2, 0) is 6.42 Å². The molecule has 1 aliphatic heterocycles. The van der Waals surface area contributed by atoms with Crippen molar-refractivity contribution in [2.45, 2.75) is 51.5 Å². The van der Waals surface area contributed by atoms with E-state index in [9.17, 15) is 4.79 Å². The third-order valence-corrected chi connectivity index (χ3v) is 7.40. The van der Waals surface area contributed by atoms with Crippen LogP contribution < -0.4 is 15.5 Å². The lowest BCUT2D eigenvalue weighted by Crippen LogP contribution is -2.47. The topological polar surface area (TPSA) is 60.5 Å². The van der Waals surface area contributed by atoms with Crippen molar-refractivity contribution in [1.82, 2.24) is 15.2 Å². The summed E-state index contributed by atoms with van der Waals surface area (Å²) in [5.41, 5.74) is 5.56. The summed E-state index contributed by atoms with van der Waals surface area (Å²) in [5.74, 6) is 0. The minimum atomic E-state index is -0.0797. The Morgan fingerprint density at radius 1 is 0.971 bits per heavy atom. The van der Waals surface area contributed by atoms with Gasteiger partial charge in [0.25, 0.3) is 0 Å². The predicted octanol–water partition coefficient (Wildman–Crippen LogP) is 5.36. The average molecular weight is 472 g/mol. The zero-order valence-electron chi connectivity index (χ0n) is 20.8. The molecule has 1 saturated carbocycles. The number of nitrogens with one attached hydrogen (secondary N) is 2. The van der Waals surface area contributed by atoms with E-state index >= 15 is 0 Å². The van der Waals surface area contributed by atoms with Crippen molar-refractivity contribution in [2.24, 2.45) is 0 Å². The van der Waals surface area contributed by atoms with Crippen molar-refractivity contribution in [3.63, 3.8) is 0 Å². The van der Waals surface area contributed by atoms with Gasteiger partial charge in [-0.25, -0.2) is 4.79 Å². The zero-order chi connectivity index (χ0) is 24.0. The fourth-order valence-corrected chi connectivity index (χ4v) is 5.42. The number of hydrogen-bond donors (Lipinski definition) is 2. The van der Waals surface area contributed by atoms with E-state index in [2.05, 4.69) is 62.9 Å². The van der Waals surface area contributed by atoms with E-state index in [1.54, 1.807) is 0 Å². The molecule has 184 valence electrons. The second-order valence-electron chi connectivity index (χ2n) is 10.0. The van der Waals surface area contributed by atoms with Crippen LogP contribution in [0.3, 0.4) is 0 Å². The van der Waals surface area contributed by atoms with Crippen molar-refractivity contribution in [1.29, 1.82) is 0 Å². The quantitative estimate of drug-likeness (QED) is 0.508. The molecule has 0 spiro atoms. The fraction of sp³-hybridized carbons (Fsp3) is 0.448. The minimum Gasteiger partial charge on any atom is -0.368 e. The Balaban J connectivity index is 1.11. The maximum Gasteiger partial charge on any atom is 0.319 e. The Kier molecular flexibility index (Phi) is 7.48. The molecule has 3 aromatic rings. The van der Waals surface area contributed by atoms with Gasteiger partial charge < -0.3 is 15.5 Å². The molecule has 0 bridgehead atoms. The van der Waals surface area contributed by atoms with Crippen LogP contribution in [0.2, 0.25) is 0 Å². The Morgan fingerprint density at radius 2 is 1.77 bits per heavy atom. The molecular formula is C29H37N5O. The highest BCUT2D eigenvalue weighted by molar-refractivity contribution is 5.92. The molecule has 1 aliphatic carbocycles. The van der Waals surface area contributed by atoms with Gasteiger partial charge >= 0.3 is 6.03 Å². The van der Waals surface area contributed by atoms with Gasteiger partial charge in [0.2, 0.25) is 0 Å². The van der Waals surface area contributed by atoms with Gasteiger partial charge in [-0.1, -0.05) is 37.5 Å². The Labute approximate surface area is 208 Å². The number of pyridine rings is 1. The Morgan fingerprint density at radius 3 is 2.60 bits per heavy atom. The van der Waals surface area contributed by atoms with Crippen LogP contribution in [0.25, 0.3) is 10.9 Å². The van der Waals surface area contributed by atoms with E-state index in [4.69, 9.17) is 4.98 Å². The first-order valence-corrected chi connectivity index (χ1v) is 13.1. The molecule has 2 fully saturated rings. The molecule has 2 amide bonds. The Bertz CT molecular complexity index is 1150. The van der Waals surface area contributed by atoms with Crippen LogP contribution >= 0.6 is 0 Å². The van der Waals surface area contributed by atoms with Crippen molar-refractivity contribution >= 4 is 28.3 Å². The number of aryl methyl sites for hydroxylation is 1. The van der Waals surface area contributed by atoms with Crippen molar-refractivity contribution in [3.05, 3.63) is 65.9 Å². The normalized spacial score (nSPS) is 17.5. The standard InChI is InChI=1S/C29H37N5O/c1-22-13-14-26-27(30-22)11-6-12-28(26)34-19-17-33(18-20-34)16-15-23-7-5-10-25(21-23)32-29(35)31-24-8-3-2-4-9-24/h5-7,10-14,21,24H,2-4,8-9,15-20H2,1H3,(H2,31,32,35). The lowest BCUT2D eigenvalue weighted by molar-refractivity contribution is 0.244. The summed E-state index contributed by atoms with van der Waals surface area (Å²) >= 11 is 0. The third-order valence-electron chi connectivity index (χ3n) is 7.40. The van der Waals surface area contributed by atoms with E-state index in [0.717, 1.165) is 68.9 Å². The van der Waals surface area contributed by atoms with Gasteiger partial charge in [-0.15, -0.1) is 0 Å². The van der Waals surface area contributed by atoms with Gasteiger partial charge in [-0.3, -0.25) is 9.88 Å². The number of rotatable bonds is 6. The number of benzene rings is 2. The second-order valence-corrected chi connectivity index (χ2v) is 10.0. The monoisotopic (exact) mass is 471 g/mol. The van der Waals surface area contributed by atoms with E-state index in [0.29, 0.717) is 6.04 Å². The van der Waals surface area contributed by atoms with Crippen LogP contribution in [-0.4, -0.2) is 54.7 Å². The highest BCUT2D eigenvalue weighted by atomic mass is 16.2. The molecule has 2 aromatic carbocycles. The maximum atomic E-state index is 12.4. The second kappa shape index (κ2) is 11.1. The summed E-state index contributed by atoms with van der Waals surface area (Å²) in [6.07, 6.45) is 6.89. The van der Waals surface area contributed by atoms with Gasteiger partial charge in [0.15, 0.2) is 0 Å². The number of urea groups is 1. The molecule has 6 nitrogen and oxygen atoms in total. The first-order chi connectivity index (χ1) is 17.1. The van der Waals surface area contributed by atoms with E-state index in [1.807, 2.05) is 19.1 Å². The highest BCUT2D eigenvalue weighted by Gasteiger charge is 2.19. The number of carbonyl (C=O) groups is 1. The van der Waals surface area contributed by atoms with Crippen LogP contribution in [0.15, 0.2) is 54.6 Å². The number of piperazine rings is 1. The van der Waals surface area contributed by atoms with Crippen LogP contribution in [0.4, 0.5) is 16.2 Å². The molecule has 0 unspecified atom stereocenters. The number of amides is 2. The summed E-state index contributed by atoms with van der Waals surface area (Å²) in [6, 6.07) is 19.3. The maximum absolute atomic E-state index is 12.4. The van der Waals surface area contributed by atoms with Gasteiger partial charge in [-0.2, -0.15) is 0 Å². The fourth-order valence-electron chi connectivity index (χ4n) is 5.42. The van der Waals surface area contributed by atoms with Crippen molar-refractivity contribution in [2.75, 3.05) is 42.9 Å². The first kappa shape index (κ1) is 23.6. The lowest BCUT2D eigenvalue weighted by atomic mass is 9.96. The number of fused-ring (bicyclic) bond motifs is 1. The van der Waals surface area contributed by atoms with Crippen molar-refractivity contribution in [3.8, 4) is 0 Å². The number of hydrogen-bond acceptors (Lipinski definition) is 4. The molecule has 2 heterocycles. The number of carbonyl (C=O) groups excluding carboxylic acids is 1. The molecular weight excluding hydrogens is 434 g/mol. The molecule has 2 N–H and O–H groups in total. The molecule has 5 rings (SSSR count). The molecule has 35 heavy (non-hydrogen) atoms. The minimum absolute atomic E-state index is 0.0797. The van der Waals surface area contributed by atoms with E-state index in [1.165, 1.54) is 35.9 Å². The first-order valence-electron chi connectivity index (χ1n) is 13.1. The van der Waals surface area contributed by atoms with Gasteiger partial charge in [0, 0.05) is 61.2 Å². The van der Waals surface area contributed by atoms with Gasteiger partial charge in [-0.05, 0) is 68.1 Å². The van der Waals surface area contributed by atoms with Crippen LogP contribution in [0, 0.1) is 6.92 Å². The molecule has 2 aliphatic rings. The summed E-state index contributed by atoms with van der Waals surface area (Å²) in [5, 5.41) is 7.41. The van der Waals surface area contributed by atoms with Gasteiger partial charge in [0.05, 0.1) is 5.52 Å². The lowest BCUT2D eigenvalue weighted by Gasteiger charge is -2.36. The number of nitrogens with zero attached hydrogens (tertiary/aromatic N) is 3. The number of anilines is 2. The SMILES string of the molecule is Cc1ccc2c(N3CCN(CCc4cccc(NC(=O)NC5CCCCC5)c4)CC3)cccc2n1. The summed E-state index contributed by atoms with van der Waals surface area (Å²) in [4.78, 5) is 22.1. The summed E-state index contributed by atoms with van der Waals surface area (Å²) in [7, 11) is 0. The summed E-state index contributed by atoms with van der Waals surface area (Å²) in [6.45, 7) is 7.23. The molecule has 6 heteroatoms. The predicted molar refractivity (Wildman–Crippen MR) is 144 cm³/mol. The van der Waals surface area contributed by atoms with Crippen LogP contribution in [0.5, 0.6) is 0 Å². The Hall–Kier alpha value is -3.12. The molecule has 0 atom stereocenters. The largest absolute Gasteiger partial charge is 0.368 e.